The molecule has 1 heterocycles. The molecule has 2 aromatic rings. The Morgan fingerprint density at radius 2 is 1.97 bits per heavy atom. The molecular weight excluding hydrogens is 478 g/mol. The van der Waals surface area contributed by atoms with Crippen LogP contribution in [-0.2, 0) is 9.59 Å². The van der Waals surface area contributed by atoms with E-state index < -0.39 is 28.6 Å². The molecule has 0 saturated carbocycles. The molecule has 0 aromatic heterocycles. The molecule has 1 aliphatic rings. The second-order valence-corrected chi connectivity index (χ2v) is 7.25. The fourth-order valence-electron chi connectivity index (χ4n) is 2.55. The number of thiocarbonyl (C=S) groups is 1. The van der Waals surface area contributed by atoms with E-state index >= 15 is 0 Å². The maximum Gasteiger partial charge on any atom is 0.271 e. The number of non-ortho nitro benzene ring substituents is 1. The summed E-state index contributed by atoms with van der Waals surface area (Å²) < 4.78 is 0.799. The van der Waals surface area contributed by atoms with Gasteiger partial charge in [-0.15, -0.1) is 0 Å². The molecule has 0 radical (unpaired) electrons. The van der Waals surface area contributed by atoms with Crippen LogP contribution in [0.5, 0.6) is 0 Å². The van der Waals surface area contributed by atoms with Gasteiger partial charge < -0.3 is 5.32 Å². The minimum atomic E-state index is -1.33. The van der Waals surface area contributed by atoms with Crippen LogP contribution in [0.2, 0.25) is 0 Å². The third-order valence-electron chi connectivity index (χ3n) is 4.00. The Balaban J connectivity index is 1.74. The van der Waals surface area contributed by atoms with Gasteiger partial charge in [0.15, 0.2) is 11.0 Å². The monoisotopic (exact) mass is 489 g/mol. The van der Waals surface area contributed by atoms with Crippen molar-refractivity contribution in [2.24, 2.45) is 11.0 Å². The Kier molecular flexibility index (Phi) is 6.28. The van der Waals surface area contributed by atoms with Crippen LogP contribution in [0.3, 0.4) is 0 Å². The fraction of sp³-hybridized carbons (Fsp3) is 0.0556. The lowest BCUT2D eigenvalue weighted by Gasteiger charge is -2.30. The van der Waals surface area contributed by atoms with Gasteiger partial charge in [-0.1, -0.05) is 22.0 Å². The third kappa shape index (κ3) is 4.55. The van der Waals surface area contributed by atoms with Gasteiger partial charge in [0.2, 0.25) is 5.91 Å². The van der Waals surface area contributed by atoms with Gasteiger partial charge in [0.1, 0.15) is 0 Å². The number of hydrogen-bond acceptors (Lipinski definition) is 7. The predicted octanol–water partition coefficient (Wildman–Crippen LogP) is 2.14. The van der Waals surface area contributed by atoms with Crippen molar-refractivity contribution >= 4 is 68.6 Å². The Labute approximate surface area is 183 Å². The van der Waals surface area contributed by atoms with Crippen LogP contribution in [0.25, 0.3) is 0 Å². The summed E-state index contributed by atoms with van der Waals surface area (Å²) >= 11 is 8.39. The highest BCUT2D eigenvalue weighted by molar-refractivity contribution is 9.10. The largest absolute Gasteiger partial charge is 0.301 e. The zero-order valence-corrected chi connectivity index (χ0v) is 17.3. The molecule has 1 fully saturated rings. The van der Waals surface area contributed by atoms with E-state index in [0.29, 0.717) is 5.69 Å². The van der Waals surface area contributed by atoms with E-state index in [2.05, 4.69) is 31.8 Å². The Morgan fingerprint density at radius 1 is 1.27 bits per heavy atom. The summed E-state index contributed by atoms with van der Waals surface area (Å²) in [5.41, 5.74) is 2.34. The van der Waals surface area contributed by atoms with E-state index in [0.717, 1.165) is 21.7 Å². The normalized spacial score (nSPS) is 16.5. The highest BCUT2D eigenvalue weighted by Crippen LogP contribution is 2.22. The number of rotatable bonds is 5. The average Bonchev–Trinajstić information content (AvgIpc) is 2.71. The average molecular weight is 490 g/mol. The van der Waals surface area contributed by atoms with Gasteiger partial charge >= 0.3 is 0 Å². The van der Waals surface area contributed by atoms with Gasteiger partial charge in [0.25, 0.3) is 17.5 Å². The zero-order valence-electron chi connectivity index (χ0n) is 14.9. The Hall–Kier alpha value is -3.51. The number of anilines is 1. The van der Waals surface area contributed by atoms with Crippen LogP contribution >= 0.6 is 28.1 Å². The molecule has 0 spiro atoms. The number of nitrogens with zero attached hydrogens (tertiary/aromatic N) is 3. The van der Waals surface area contributed by atoms with E-state index in [4.69, 9.17) is 12.2 Å². The number of carbonyl (C=O) groups excluding carboxylic acids is 3. The van der Waals surface area contributed by atoms with Crippen molar-refractivity contribution < 1.29 is 19.3 Å². The molecule has 30 heavy (non-hydrogen) atoms. The van der Waals surface area contributed by atoms with Gasteiger partial charge in [-0.25, -0.2) is 5.43 Å². The van der Waals surface area contributed by atoms with Crippen molar-refractivity contribution in [2.75, 3.05) is 4.90 Å². The molecule has 152 valence electrons. The number of hydrogen-bond donors (Lipinski definition) is 2. The molecule has 12 heteroatoms. The first-order chi connectivity index (χ1) is 14.3. The summed E-state index contributed by atoms with van der Waals surface area (Å²) in [4.78, 5) is 48.4. The van der Waals surface area contributed by atoms with Gasteiger partial charge in [-0.3, -0.25) is 29.4 Å². The summed E-state index contributed by atoms with van der Waals surface area (Å²) in [7, 11) is 0. The van der Waals surface area contributed by atoms with E-state index in [9.17, 15) is 24.5 Å². The summed E-state index contributed by atoms with van der Waals surface area (Å²) in [6, 6.07) is 11.7. The van der Waals surface area contributed by atoms with Crippen molar-refractivity contribution in [3.63, 3.8) is 0 Å². The topological polar surface area (TPSA) is 134 Å². The number of nitrogens with one attached hydrogen (secondary N) is 2. The molecule has 0 aliphatic carbocycles. The summed E-state index contributed by atoms with van der Waals surface area (Å²) in [5, 5.41) is 16.8. The number of amides is 3. The maximum atomic E-state index is 12.8. The predicted molar refractivity (Wildman–Crippen MR) is 115 cm³/mol. The van der Waals surface area contributed by atoms with Crippen molar-refractivity contribution in [2.45, 2.75) is 0 Å². The van der Waals surface area contributed by atoms with E-state index in [1.54, 1.807) is 24.3 Å². The number of halogens is 1. The molecule has 2 N–H and O–H groups in total. The molecule has 3 amide bonds. The van der Waals surface area contributed by atoms with Gasteiger partial charge in [-0.2, -0.15) is 5.10 Å². The molecule has 1 atom stereocenters. The summed E-state index contributed by atoms with van der Waals surface area (Å²) in [5.74, 6) is -3.39. The molecule has 0 bridgehead atoms. The third-order valence-corrected chi connectivity index (χ3v) is 4.81. The van der Waals surface area contributed by atoms with Crippen LogP contribution in [0.4, 0.5) is 11.4 Å². The van der Waals surface area contributed by atoms with Crippen molar-refractivity contribution in [1.82, 2.24) is 10.7 Å². The van der Waals surface area contributed by atoms with E-state index in [-0.39, 0.29) is 16.4 Å². The summed E-state index contributed by atoms with van der Waals surface area (Å²) in [6.07, 6.45) is 0.973. The van der Waals surface area contributed by atoms with Crippen LogP contribution in [0.15, 0.2) is 58.1 Å². The van der Waals surface area contributed by atoms with Crippen molar-refractivity contribution in [1.29, 1.82) is 0 Å². The summed E-state index contributed by atoms with van der Waals surface area (Å²) in [6.45, 7) is 0. The lowest BCUT2D eigenvalue weighted by molar-refractivity contribution is -0.384. The van der Waals surface area contributed by atoms with Crippen molar-refractivity contribution in [3.05, 3.63) is 68.7 Å². The van der Waals surface area contributed by atoms with Crippen LogP contribution < -0.4 is 15.6 Å². The van der Waals surface area contributed by atoms with Crippen LogP contribution in [-0.4, -0.2) is 34.0 Å². The molecule has 1 saturated heterocycles. The first-order valence-corrected chi connectivity index (χ1v) is 9.50. The van der Waals surface area contributed by atoms with E-state index in [1.165, 1.54) is 18.2 Å². The smallest absolute Gasteiger partial charge is 0.271 e. The molecule has 3 rings (SSSR count). The van der Waals surface area contributed by atoms with Gasteiger partial charge in [0, 0.05) is 28.4 Å². The molecule has 2 aromatic carbocycles. The minimum Gasteiger partial charge on any atom is -0.301 e. The molecule has 0 unspecified atom stereocenters. The van der Waals surface area contributed by atoms with Crippen molar-refractivity contribution in [3.8, 4) is 0 Å². The highest BCUT2D eigenvalue weighted by atomic mass is 79.9. The highest BCUT2D eigenvalue weighted by Gasteiger charge is 2.38. The number of nitro benzene ring substituents is 1. The minimum absolute atomic E-state index is 0.00145. The Bertz CT molecular complexity index is 1090. The fourth-order valence-corrected chi connectivity index (χ4v) is 3.11. The quantitative estimate of drug-likeness (QED) is 0.217. The molecule has 1 aliphatic heterocycles. The number of carbonyl (C=O) groups is 3. The maximum absolute atomic E-state index is 12.8. The number of hydrazone groups is 1. The molecular formula is C18H12BrN5O5S. The first-order valence-electron chi connectivity index (χ1n) is 8.30. The van der Waals surface area contributed by atoms with Gasteiger partial charge in [-0.05, 0) is 42.5 Å². The number of nitro groups is 1. The van der Waals surface area contributed by atoms with Crippen LogP contribution in [0.1, 0.15) is 10.4 Å². The second kappa shape index (κ2) is 8.88. The standard InChI is InChI=1S/C18H12BrN5O5S/c19-11-4-6-12(7-5-11)23-17(27)14(16(26)21-18(23)30)9-20-22-15(25)10-2-1-3-13(8-10)24(28)29/h1-9,14H,(H,22,25)(H,21,26,30)/b20-9-/t14-/m1/s1. The lowest BCUT2D eigenvalue weighted by atomic mass is 10.1. The first kappa shape index (κ1) is 21.2. The zero-order chi connectivity index (χ0) is 21.8. The van der Waals surface area contributed by atoms with E-state index in [1.807, 2.05) is 0 Å². The number of benzene rings is 2. The lowest BCUT2D eigenvalue weighted by Crippen LogP contribution is -2.58. The second-order valence-electron chi connectivity index (χ2n) is 5.95. The SMILES string of the molecule is O=C(N/N=C\[C@@H]1C(=O)NC(=S)N(c2ccc(Br)cc2)C1=O)c1cccc([N+](=O)[O-])c1. The van der Waals surface area contributed by atoms with Crippen LogP contribution in [0, 0.1) is 16.0 Å². The van der Waals surface area contributed by atoms with Gasteiger partial charge in [0.05, 0.1) is 10.6 Å². The Morgan fingerprint density at radius 3 is 2.63 bits per heavy atom. The molecule has 10 nitrogen and oxygen atoms in total.